The van der Waals surface area contributed by atoms with Gasteiger partial charge in [0.05, 0.1) is 19.8 Å². The standard InChI is InChI=1S/C16H31NO3/c1-3-5-7-15(4-2)14-20-16(18)8-6-9-17-10-12-19-13-11-17/h15H,3-14H2,1-2H3. The molecule has 4 nitrogen and oxygen atoms in total. The molecule has 0 bridgehead atoms. The largest absolute Gasteiger partial charge is 0.465 e. The predicted molar refractivity (Wildman–Crippen MR) is 80.8 cm³/mol. The summed E-state index contributed by atoms with van der Waals surface area (Å²) in [5, 5.41) is 0. The Morgan fingerprint density at radius 1 is 1.25 bits per heavy atom. The predicted octanol–water partition coefficient (Wildman–Crippen LogP) is 2.86. The molecule has 0 aromatic rings. The quantitative estimate of drug-likeness (QED) is 0.579. The van der Waals surface area contributed by atoms with Crippen LogP contribution >= 0.6 is 0 Å². The van der Waals surface area contributed by atoms with Gasteiger partial charge in [0, 0.05) is 19.5 Å². The molecule has 20 heavy (non-hydrogen) atoms. The maximum atomic E-state index is 11.7. The van der Waals surface area contributed by atoms with Crippen LogP contribution in [0.15, 0.2) is 0 Å². The third-order valence-corrected chi connectivity index (χ3v) is 3.98. The molecule has 0 aromatic carbocycles. The Morgan fingerprint density at radius 2 is 2.00 bits per heavy atom. The molecular formula is C16H31NO3. The van der Waals surface area contributed by atoms with Gasteiger partial charge in [-0.1, -0.05) is 33.1 Å². The van der Waals surface area contributed by atoms with Crippen molar-refractivity contribution in [2.45, 2.75) is 52.4 Å². The first-order chi connectivity index (χ1) is 9.76. The van der Waals surface area contributed by atoms with Crippen LogP contribution in [0.1, 0.15) is 52.4 Å². The normalized spacial score (nSPS) is 17.9. The molecule has 4 heteroatoms. The van der Waals surface area contributed by atoms with Crippen LogP contribution in [0, 0.1) is 5.92 Å². The van der Waals surface area contributed by atoms with Crippen molar-refractivity contribution in [2.24, 2.45) is 5.92 Å². The first-order valence-corrected chi connectivity index (χ1v) is 8.22. The maximum Gasteiger partial charge on any atom is 0.305 e. The number of esters is 1. The van der Waals surface area contributed by atoms with Crippen molar-refractivity contribution >= 4 is 5.97 Å². The molecule has 1 heterocycles. The fourth-order valence-electron chi connectivity index (χ4n) is 2.45. The number of carbonyl (C=O) groups is 1. The number of carbonyl (C=O) groups excluding carboxylic acids is 1. The van der Waals surface area contributed by atoms with E-state index >= 15 is 0 Å². The summed E-state index contributed by atoms with van der Waals surface area (Å²) in [5.74, 6) is 0.506. The average molecular weight is 285 g/mol. The lowest BCUT2D eigenvalue weighted by Gasteiger charge is -2.26. The Morgan fingerprint density at radius 3 is 2.65 bits per heavy atom. The summed E-state index contributed by atoms with van der Waals surface area (Å²) in [6, 6.07) is 0. The summed E-state index contributed by atoms with van der Waals surface area (Å²) in [7, 11) is 0. The summed E-state index contributed by atoms with van der Waals surface area (Å²) < 4.78 is 10.7. The van der Waals surface area contributed by atoms with Crippen LogP contribution < -0.4 is 0 Å². The van der Waals surface area contributed by atoms with Gasteiger partial charge in [0.15, 0.2) is 0 Å². The molecule has 1 fully saturated rings. The molecule has 1 aliphatic rings. The van der Waals surface area contributed by atoms with Gasteiger partial charge in [-0.3, -0.25) is 9.69 Å². The van der Waals surface area contributed by atoms with Gasteiger partial charge in [-0.25, -0.2) is 0 Å². The SMILES string of the molecule is CCCCC(CC)COC(=O)CCCN1CCOCC1. The number of hydrogen-bond acceptors (Lipinski definition) is 4. The minimum atomic E-state index is -0.0341. The second-order valence-corrected chi connectivity index (χ2v) is 5.66. The number of hydrogen-bond donors (Lipinski definition) is 0. The zero-order chi connectivity index (χ0) is 14.6. The Hall–Kier alpha value is -0.610. The first kappa shape index (κ1) is 17.4. The number of nitrogens with zero attached hydrogens (tertiary/aromatic N) is 1. The van der Waals surface area contributed by atoms with E-state index in [-0.39, 0.29) is 5.97 Å². The summed E-state index contributed by atoms with van der Waals surface area (Å²) >= 11 is 0. The minimum absolute atomic E-state index is 0.0341. The Balaban J connectivity index is 2.03. The molecule has 1 saturated heterocycles. The van der Waals surface area contributed by atoms with Gasteiger partial charge in [0.25, 0.3) is 0 Å². The molecule has 1 rings (SSSR count). The Bertz CT molecular complexity index is 252. The highest BCUT2D eigenvalue weighted by molar-refractivity contribution is 5.69. The second-order valence-electron chi connectivity index (χ2n) is 5.66. The van der Waals surface area contributed by atoms with Gasteiger partial charge in [-0.05, 0) is 25.3 Å². The minimum Gasteiger partial charge on any atom is -0.465 e. The maximum absolute atomic E-state index is 11.7. The molecule has 0 N–H and O–H groups in total. The smallest absolute Gasteiger partial charge is 0.305 e. The van der Waals surface area contributed by atoms with Crippen LogP contribution in [0.5, 0.6) is 0 Å². The molecule has 118 valence electrons. The van der Waals surface area contributed by atoms with Crippen molar-refractivity contribution in [2.75, 3.05) is 39.5 Å². The van der Waals surface area contributed by atoms with Crippen LogP contribution in [0.25, 0.3) is 0 Å². The third-order valence-electron chi connectivity index (χ3n) is 3.98. The molecule has 1 unspecified atom stereocenters. The van der Waals surface area contributed by atoms with E-state index < -0.39 is 0 Å². The van der Waals surface area contributed by atoms with Gasteiger partial charge in [-0.2, -0.15) is 0 Å². The molecule has 0 spiro atoms. The van der Waals surface area contributed by atoms with Crippen LogP contribution in [-0.4, -0.2) is 50.3 Å². The topological polar surface area (TPSA) is 38.8 Å². The van der Waals surface area contributed by atoms with E-state index in [9.17, 15) is 4.79 Å². The fourth-order valence-corrected chi connectivity index (χ4v) is 2.45. The van der Waals surface area contributed by atoms with Gasteiger partial charge in [0.2, 0.25) is 0 Å². The number of morpholine rings is 1. The van der Waals surface area contributed by atoms with Gasteiger partial charge in [-0.15, -0.1) is 0 Å². The van der Waals surface area contributed by atoms with E-state index in [0.29, 0.717) is 18.9 Å². The molecule has 0 aromatic heterocycles. The number of unbranched alkanes of at least 4 members (excludes halogenated alkanes) is 1. The second kappa shape index (κ2) is 11.1. The molecular weight excluding hydrogens is 254 g/mol. The van der Waals surface area contributed by atoms with Crippen molar-refractivity contribution in [3.8, 4) is 0 Å². The molecule has 1 atom stereocenters. The Kier molecular flexibility index (Phi) is 9.67. The zero-order valence-corrected chi connectivity index (χ0v) is 13.2. The molecule has 0 radical (unpaired) electrons. The van der Waals surface area contributed by atoms with E-state index in [0.717, 1.165) is 45.7 Å². The summed E-state index contributed by atoms with van der Waals surface area (Å²) in [6.07, 6.45) is 6.15. The lowest BCUT2D eigenvalue weighted by molar-refractivity contribution is -0.145. The summed E-state index contributed by atoms with van der Waals surface area (Å²) in [5.41, 5.74) is 0. The van der Waals surface area contributed by atoms with Crippen LogP contribution in [0.4, 0.5) is 0 Å². The Labute approximate surface area is 123 Å². The van der Waals surface area contributed by atoms with E-state index in [1.807, 2.05) is 0 Å². The van der Waals surface area contributed by atoms with Crippen molar-refractivity contribution in [1.82, 2.24) is 4.90 Å². The highest BCUT2D eigenvalue weighted by Crippen LogP contribution is 2.13. The van der Waals surface area contributed by atoms with Crippen LogP contribution in [0.3, 0.4) is 0 Å². The molecule has 0 saturated carbocycles. The number of rotatable bonds is 10. The van der Waals surface area contributed by atoms with Gasteiger partial charge in [0.1, 0.15) is 0 Å². The van der Waals surface area contributed by atoms with Crippen LogP contribution in [0.2, 0.25) is 0 Å². The van der Waals surface area contributed by atoms with Crippen LogP contribution in [-0.2, 0) is 14.3 Å². The molecule has 1 aliphatic heterocycles. The van der Waals surface area contributed by atoms with Crippen molar-refractivity contribution < 1.29 is 14.3 Å². The number of ether oxygens (including phenoxy) is 2. The molecule has 0 amide bonds. The van der Waals surface area contributed by atoms with Crippen molar-refractivity contribution in [1.29, 1.82) is 0 Å². The average Bonchev–Trinajstić information content (AvgIpc) is 2.48. The highest BCUT2D eigenvalue weighted by Gasteiger charge is 2.12. The van der Waals surface area contributed by atoms with E-state index in [1.165, 1.54) is 19.3 Å². The van der Waals surface area contributed by atoms with E-state index in [2.05, 4.69) is 18.7 Å². The van der Waals surface area contributed by atoms with Gasteiger partial charge < -0.3 is 9.47 Å². The monoisotopic (exact) mass is 285 g/mol. The van der Waals surface area contributed by atoms with Crippen molar-refractivity contribution in [3.05, 3.63) is 0 Å². The van der Waals surface area contributed by atoms with E-state index in [1.54, 1.807) is 0 Å². The lowest BCUT2D eigenvalue weighted by atomic mass is 10.0. The van der Waals surface area contributed by atoms with E-state index in [4.69, 9.17) is 9.47 Å². The molecule has 0 aliphatic carbocycles. The zero-order valence-electron chi connectivity index (χ0n) is 13.2. The third kappa shape index (κ3) is 7.85. The lowest BCUT2D eigenvalue weighted by Crippen LogP contribution is -2.37. The first-order valence-electron chi connectivity index (χ1n) is 8.22. The van der Waals surface area contributed by atoms with Crippen molar-refractivity contribution in [3.63, 3.8) is 0 Å². The summed E-state index contributed by atoms with van der Waals surface area (Å²) in [6.45, 7) is 9.57. The highest BCUT2D eigenvalue weighted by atomic mass is 16.5. The van der Waals surface area contributed by atoms with Gasteiger partial charge >= 0.3 is 5.97 Å². The fraction of sp³-hybridized carbons (Fsp3) is 0.938. The summed E-state index contributed by atoms with van der Waals surface area (Å²) in [4.78, 5) is 14.1.